The van der Waals surface area contributed by atoms with Gasteiger partial charge in [-0.3, -0.25) is 4.79 Å². The molecule has 1 amide bonds. The average Bonchev–Trinajstić information content (AvgIpc) is 2.56. The molecular weight excluding hydrogens is 349 g/mol. The summed E-state index contributed by atoms with van der Waals surface area (Å²) >= 11 is 0. The molecule has 1 heterocycles. The molecule has 0 bridgehead atoms. The first-order valence-corrected chi connectivity index (χ1v) is 9.46. The maximum Gasteiger partial charge on any atom is 0.247 e. The maximum atomic E-state index is 13.5. The van der Waals surface area contributed by atoms with Gasteiger partial charge in [0, 0.05) is 13.1 Å². The number of hydrogen-bond acceptors (Lipinski definition) is 5. The summed E-state index contributed by atoms with van der Waals surface area (Å²) in [6.45, 7) is 1.44. The summed E-state index contributed by atoms with van der Waals surface area (Å²) < 4.78 is 44.6. The van der Waals surface area contributed by atoms with E-state index in [9.17, 15) is 17.6 Å². The summed E-state index contributed by atoms with van der Waals surface area (Å²) in [7, 11) is 0.559. The first kappa shape index (κ1) is 19.6. The zero-order valence-electron chi connectivity index (χ0n) is 14.7. The molecule has 0 atom stereocenters. The molecular formula is C16H24FN3O4S. The molecule has 2 rings (SSSR count). The number of likely N-dealkylation sites (N-methyl/N-ethyl adjacent to an activating group) is 1. The fourth-order valence-corrected chi connectivity index (χ4v) is 4.02. The van der Waals surface area contributed by atoms with Gasteiger partial charge in [-0.05, 0) is 51.2 Å². The highest BCUT2D eigenvalue weighted by molar-refractivity contribution is 7.89. The Morgan fingerprint density at radius 2 is 2.04 bits per heavy atom. The lowest BCUT2D eigenvalue weighted by atomic mass is 10.1. The number of carbonyl (C=O) groups excluding carboxylic acids is 1. The van der Waals surface area contributed by atoms with Crippen molar-refractivity contribution in [1.29, 1.82) is 0 Å². The summed E-state index contributed by atoms with van der Waals surface area (Å²) in [5, 5.41) is 2.86. The Bertz CT molecular complexity index is 718. The number of hydrogen-bond donors (Lipinski definition) is 1. The fourth-order valence-electron chi connectivity index (χ4n) is 2.73. The van der Waals surface area contributed by atoms with Crippen LogP contribution >= 0.6 is 0 Å². The van der Waals surface area contributed by atoms with Crippen molar-refractivity contribution in [2.75, 3.05) is 40.8 Å². The third-order valence-corrected chi connectivity index (χ3v) is 6.09. The number of rotatable bonds is 6. The molecule has 9 heteroatoms. The SMILES string of the molecule is COc1ccc(F)cc1S(=O)(=O)N(C)CC(=O)NC1CCN(C)CC1. The fraction of sp³-hybridized carbons (Fsp3) is 0.562. The van der Waals surface area contributed by atoms with Crippen LogP contribution in [0.15, 0.2) is 23.1 Å². The maximum absolute atomic E-state index is 13.5. The van der Waals surface area contributed by atoms with Gasteiger partial charge in [-0.1, -0.05) is 0 Å². The smallest absolute Gasteiger partial charge is 0.247 e. The second-order valence-electron chi connectivity index (χ2n) is 6.20. The highest BCUT2D eigenvalue weighted by atomic mass is 32.2. The van der Waals surface area contributed by atoms with Crippen molar-refractivity contribution >= 4 is 15.9 Å². The zero-order chi connectivity index (χ0) is 18.6. The van der Waals surface area contributed by atoms with Crippen LogP contribution in [0.4, 0.5) is 4.39 Å². The molecule has 1 aromatic rings. The number of sulfonamides is 1. The highest BCUT2D eigenvalue weighted by Gasteiger charge is 2.28. The minimum atomic E-state index is -4.05. The van der Waals surface area contributed by atoms with E-state index < -0.39 is 15.8 Å². The largest absolute Gasteiger partial charge is 0.495 e. The van der Waals surface area contributed by atoms with Gasteiger partial charge in [0.15, 0.2) is 0 Å². The van der Waals surface area contributed by atoms with Crippen molar-refractivity contribution < 1.29 is 22.3 Å². The van der Waals surface area contributed by atoms with Gasteiger partial charge in [-0.2, -0.15) is 4.31 Å². The van der Waals surface area contributed by atoms with Gasteiger partial charge in [0.2, 0.25) is 15.9 Å². The number of carbonyl (C=O) groups is 1. The third kappa shape index (κ3) is 4.90. The normalized spacial score (nSPS) is 16.8. The van der Waals surface area contributed by atoms with Gasteiger partial charge in [0.05, 0.1) is 13.7 Å². The summed E-state index contributed by atoms with van der Waals surface area (Å²) in [5.74, 6) is -1.04. The van der Waals surface area contributed by atoms with E-state index in [1.165, 1.54) is 20.2 Å². The Morgan fingerprint density at radius 1 is 1.40 bits per heavy atom. The molecule has 0 radical (unpaired) electrons. The molecule has 1 aliphatic rings. The molecule has 0 saturated carbocycles. The standard InChI is InChI=1S/C16H24FN3O4S/c1-19-8-6-13(7-9-19)18-16(21)11-20(2)25(22,23)15-10-12(17)4-5-14(15)24-3/h4-5,10,13H,6-9,11H2,1-3H3,(H,18,21). The third-order valence-electron chi connectivity index (χ3n) is 4.26. The molecule has 1 aromatic carbocycles. The Morgan fingerprint density at radius 3 is 2.64 bits per heavy atom. The van der Waals surface area contributed by atoms with E-state index in [1.54, 1.807) is 0 Å². The molecule has 0 unspecified atom stereocenters. The molecule has 0 aromatic heterocycles. The summed E-state index contributed by atoms with van der Waals surface area (Å²) in [4.78, 5) is 14.0. The number of likely N-dealkylation sites (tertiary alicyclic amines) is 1. The molecule has 7 nitrogen and oxygen atoms in total. The Kier molecular flexibility index (Phi) is 6.36. The molecule has 25 heavy (non-hydrogen) atoms. The summed E-state index contributed by atoms with van der Waals surface area (Å²) in [6, 6.07) is 3.29. The van der Waals surface area contributed by atoms with Gasteiger partial charge in [0.25, 0.3) is 0 Å². The van der Waals surface area contributed by atoms with Crippen molar-refractivity contribution in [1.82, 2.24) is 14.5 Å². The lowest BCUT2D eigenvalue weighted by Crippen LogP contribution is -2.47. The van der Waals surface area contributed by atoms with Gasteiger partial charge in [0.1, 0.15) is 16.5 Å². The van der Waals surface area contributed by atoms with Crippen LogP contribution in [0.5, 0.6) is 5.75 Å². The van der Waals surface area contributed by atoms with Crippen molar-refractivity contribution in [2.24, 2.45) is 0 Å². The zero-order valence-corrected chi connectivity index (χ0v) is 15.5. The second-order valence-corrected chi connectivity index (χ2v) is 8.21. The summed E-state index contributed by atoms with van der Waals surface area (Å²) in [6.07, 6.45) is 1.66. The predicted molar refractivity (Wildman–Crippen MR) is 91.4 cm³/mol. The Labute approximate surface area is 147 Å². The molecule has 1 fully saturated rings. The number of piperidine rings is 1. The number of nitrogens with one attached hydrogen (secondary N) is 1. The Hall–Kier alpha value is -1.71. The van der Waals surface area contributed by atoms with E-state index in [1.807, 2.05) is 7.05 Å². The van der Waals surface area contributed by atoms with Crippen molar-refractivity contribution in [2.45, 2.75) is 23.8 Å². The van der Waals surface area contributed by atoms with E-state index in [0.29, 0.717) is 0 Å². The number of benzene rings is 1. The predicted octanol–water partition coefficient (Wildman–Crippen LogP) is 0.665. The number of ether oxygens (including phenoxy) is 1. The quantitative estimate of drug-likeness (QED) is 0.793. The van der Waals surface area contributed by atoms with Crippen molar-refractivity contribution in [3.63, 3.8) is 0 Å². The minimum absolute atomic E-state index is 0.0315. The van der Waals surface area contributed by atoms with Gasteiger partial charge in [-0.15, -0.1) is 0 Å². The first-order valence-electron chi connectivity index (χ1n) is 8.02. The van der Waals surface area contributed by atoms with E-state index in [2.05, 4.69) is 10.2 Å². The Balaban J connectivity index is 2.05. The lowest BCUT2D eigenvalue weighted by molar-refractivity contribution is -0.122. The number of halogens is 1. The van der Waals surface area contributed by atoms with E-state index in [4.69, 9.17) is 4.74 Å². The van der Waals surface area contributed by atoms with E-state index in [-0.39, 0.29) is 29.1 Å². The van der Waals surface area contributed by atoms with Crippen LogP contribution in [-0.2, 0) is 14.8 Å². The molecule has 140 valence electrons. The number of nitrogens with zero attached hydrogens (tertiary/aromatic N) is 2. The summed E-state index contributed by atoms with van der Waals surface area (Å²) in [5.41, 5.74) is 0. The highest BCUT2D eigenvalue weighted by Crippen LogP contribution is 2.26. The van der Waals surface area contributed by atoms with Crippen LogP contribution in [0.2, 0.25) is 0 Å². The van der Waals surface area contributed by atoms with Gasteiger partial charge < -0.3 is 15.0 Å². The van der Waals surface area contributed by atoms with Crippen LogP contribution in [0, 0.1) is 5.82 Å². The molecule has 0 spiro atoms. The van der Waals surface area contributed by atoms with Gasteiger partial charge >= 0.3 is 0 Å². The second kappa shape index (κ2) is 8.11. The van der Waals surface area contributed by atoms with Crippen LogP contribution in [0.3, 0.4) is 0 Å². The topological polar surface area (TPSA) is 79.0 Å². The van der Waals surface area contributed by atoms with Crippen LogP contribution < -0.4 is 10.1 Å². The van der Waals surface area contributed by atoms with Crippen LogP contribution in [0.1, 0.15) is 12.8 Å². The average molecular weight is 373 g/mol. The monoisotopic (exact) mass is 373 g/mol. The molecule has 0 aliphatic carbocycles. The number of amides is 1. The minimum Gasteiger partial charge on any atom is -0.495 e. The number of methoxy groups -OCH3 is 1. The first-order chi connectivity index (χ1) is 11.7. The van der Waals surface area contributed by atoms with Gasteiger partial charge in [-0.25, -0.2) is 12.8 Å². The molecule has 1 aliphatic heterocycles. The van der Waals surface area contributed by atoms with E-state index in [0.717, 1.165) is 42.4 Å². The lowest BCUT2D eigenvalue weighted by Gasteiger charge is -2.30. The van der Waals surface area contributed by atoms with E-state index >= 15 is 0 Å². The van der Waals surface area contributed by atoms with Crippen LogP contribution in [0.25, 0.3) is 0 Å². The van der Waals surface area contributed by atoms with Crippen molar-refractivity contribution in [3.05, 3.63) is 24.0 Å². The van der Waals surface area contributed by atoms with Crippen molar-refractivity contribution in [3.8, 4) is 5.75 Å². The van der Waals surface area contributed by atoms with Crippen LogP contribution in [-0.4, -0.2) is 70.4 Å². The molecule has 1 N–H and O–H groups in total. The molecule has 1 saturated heterocycles.